The van der Waals surface area contributed by atoms with E-state index in [1.165, 1.54) is 18.2 Å². The van der Waals surface area contributed by atoms with Crippen molar-refractivity contribution < 1.29 is 28.1 Å². The van der Waals surface area contributed by atoms with Gasteiger partial charge in [0.05, 0.1) is 13.7 Å². The lowest BCUT2D eigenvalue weighted by atomic mass is 10.1. The van der Waals surface area contributed by atoms with Crippen LogP contribution in [0.3, 0.4) is 0 Å². The largest absolute Gasteiger partial charge is 0.493 e. The SMILES string of the molecule is COc1cc(/C=C/C(=O)NCCOc2ccccc2F)cc2c1OCCO2. The number of benzene rings is 2. The highest BCUT2D eigenvalue weighted by atomic mass is 19.1. The molecule has 7 heteroatoms. The second-order valence-corrected chi connectivity index (χ2v) is 5.65. The summed E-state index contributed by atoms with van der Waals surface area (Å²) in [5, 5.41) is 2.67. The van der Waals surface area contributed by atoms with Gasteiger partial charge in [-0.3, -0.25) is 4.79 Å². The van der Waals surface area contributed by atoms with Gasteiger partial charge >= 0.3 is 0 Å². The van der Waals surface area contributed by atoms with Crippen LogP contribution in [-0.2, 0) is 4.79 Å². The molecule has 0 spiro atoms. The number of nitrogens with one attached hydrogen (secondary N) is 1. The van der Waals surface area contributed by atoms with Crippen LogP contribution in [0, 0.1) is 5.82 Å². The van der Waals surface area contributed by atoms with Crippen LogP contribution in [-0.4, -0.2) is 39.4 Å². The zero-order valence-corrected chi connectivity index (χ0v) is 14.9. The van der Waals surface area contributed by atoms with Gasteiger partial charge in [0.15, 0.2) is 23.1 Å². The van der Waals surface area contributed by atoms with E-state index in [0.717, 1.165) is 5.56 Å². The molecule has 6 nitrogen and oxygen atoms in total. The van der Waals surface area contributed by atoms with Crippen molar-refractivity contribution >= 4 is 12.0 Å². The number of para-hydroxylation sites is 1. The van der Waals surface area contributed by atoms with E-state index in [4.69, 9.17) is 18.9 Å². The van der Waals surface area contributed by atoms with Crippen LogP contribution >= 0.6 is 0 Å². The molecule has 0 radical (unpaired) electrons. The second kappa shape index (κ2) is 8.93. The molecule has 0 aliphatic carbocycles. The first-order valence-corrected chi connectivity index (χ1v) is 8.48. The maximum absolute atomic E-state index is 13.4. The summed E-state index contributed by atoms with van der Waals surface area (Å²) >= 11 is 0. The van der Waals surface area contributed by atoms with Crippen molar-refractivity contribution in [2.24, 2.45) is 0 Å². The minimum absolute atomic E-state index is 0.158. The molecule has 1 aliphatic heterocycles. The number of carbonyl (C=O) groups is 1. The smallest absolute Gasteiger partial charge is 0.244 e. The third-order valence-electron chi connectivity index (χ3n) is 3.77. The monoisotopic (exact) mass is 373 g/mol. The third kappa shape index (κ3) is 4.91. The van der Waals surface area contributed by atoms with E-state index in [-0.39, 0.29) is 24.8 Å². The Morgan fingerprint density at radius 3 is 2.85 bits per heavy atom. The Balaban J connectivity index is 1.52. The Hall–Kier alpha value is -3.22. The Kier molecular flexibility index (Phi) is 6.14. The number of hydrogen-bond acceptors (Lipinski definition) is 5. The fourth-order valence-corrected chi connectivity index (χ4v) is 2.52. The minimum Gasteiger partial charge on any atom is -0.493 e. The summed E-state index contributed by atoms with van der Waals surface area (Å²) in [6.45, 7) is 1.35. The van der Waals surface area contributed by atoms with Crippen molar-refractivity contribution in [2.75, 3.05) is 33.5 Å². The quantitative estimate of drug-likeness (QED) is 0.597. The molecule has 0 saturated heterocycles. The van der Waals surface area contributed by atoms with Crippen molar-refractivity contribution in [3.63, 3.8) is 0 Å². The van der Waals surface area contributed by atoms with Gasteiger partial charge in [-0.1, -0.05) is 12.1 Å². The zero-order valence-electron chi connectivity index (χ0n) is 14.9. The van der Waals surface area contributed by atoms with E-state index in [1.807, 2.05) is 0 Å². The molecular formula is C20H20FNO5. The van der Waals surface area contributed by atoms with E-state index in [1.54, 1.807) is 37.5 Å². The fraction of sp³-hybridized carbons (Fsp3) is 0.250. The van der Waals surface area contributed by atoms with E-state index in [9.17, 15) is 9.18 Å². The molecule has 1 N–H and O–H groups in total. The van der Waals surface area contributed by atoms with Crippen molar-refractivity contribution in [1.82, 2.24) is 5.32 Å². The predicted octanol–water partition coefficient (Wildman–Crippen LogP) is 2.81. The lowest BCUT2D eigenvalue weighted by Gasteiger charge is -2.20. The van der Waals surface area contributed by atoms with Gasteiger partial charge in [0, 0.05) is 6.08 Å². The topological polar surface area (TPSA) is 66.0 Å². The van der Waals surface area contributed by atoms with Gasteiger partial charge in [-0.05, 0) is 35.9 Å². The fourth-order valence-electron chi connectivity index (χ4n) is 2.52. The summed E-state index contributed by atoms with van der Waals surface area (Å²) in [5.41, 5.74) is 0.744. The number of hydrogen-bond donors (Lipinski definition) is 1. The molecule has 0 fully saturated rings. The molecule has 0 saturated carbocycles. The molecule has 1 aliphatic rings. The van der Waals surface area contributed by atoms with Crippen LogP contribution in [0.2, 0.25) is 0 Å². The highest BCUT2D eigenvalue weighted by Gasteiger charge is 2.17. The van der Waals surface area contributed by atoms with Crippen molar-refractivity contribution in [3.05, 3.63) is 53.9 Å². The van der Waals surface area contributed by atoms with Crippen molar-refractivity contribution in [3.8, 4) is 23.0 Å². The summed E-state index contributed by atoms with van der Waals surface area (Å²) in [7, 11) is 1.54. The molecule has 27 heavy (non-hydrogen) atoms. The number of fused-ring (bicyclic) bond motifs is 1. The molecule has 0 bridgehead atoms. The maximum atomic E-state index is 13.4. The van der Waals surface area contributed by atoms with E-state index >= 15 is 0 Å². The third-order valence-corrected chi connectivity index (χ3v) is 3.77. The van der Waals surface area contributed by atoms with Crippen LogP contribution in [0.25, 0.3) is 6.08 Å². The summed E-state index contributed by atoms with van der Waals surface area (Å²) in [5.74, 6) is 1.13. The highest BCUT2D eigenvalue weighted by molar-refractivity contribution is 5.91. The zero-order chi connectivity index (χ0) is 19.1. The average Bonchev–Trinajstić information content (AvgIpc) is 2.70. The van der Waals surface area contributed by atoms with Gasteiger partial charge in [-0.2, -0.15) is 0 Å². The lowest BCUT2D eigenvalue weighted by molar-refractivity contribution is -0.116. The maximum Gasteiger partial charge on any atom is 0.244 e. The standard InChI is InChI=1S/C20H20FNO5/c1-24-17-12-14(13-18-20(17)27-11-10-26-18)6-7-19(23)22-8-9-25-16-5-3-2-4-15(16)21/h2-7,12-13H,8-11H2,1H3,(H,22,23)/b7-6+. The van der Waals surface area contributed by atoms with Crippen LogP contribution in [0.15, 0.2) is 42.5 Å². The Bertz CT molecular complexity index is 820. The molecule has 2 aromatic carbocycles. The Morgan fingerprint density at radius 2 is 2.04 bits per heavy atom. The number of ether oxygens (including phenoxy) is 4. The first-order chi connectivity index (χ1) is 13.2. The molecular weight excluding hydrogens is 353 g/mol. The lowest BCUT2D eigenvalue weighted by Crippen LogP contribution is -2.26. The summed E-state index contributed by atoms with van der Waals surface area (Å²) in [6.07, 6.45) is 3.04. The van der Waals surface area contributed by atoms with Crippen LogP contribution in [0.5, 0.6) is 23.0 Å². The number of methoxy groups -OCH3 is 1. The molecule has 3 rings (SSSR count). The first kappa shape index (κ1) is 18.6. The summed E-state index contributed by atoms with van der Waals surface area (Å²) < 4.78 is 35.1. The summed E-state index contributed by atoms with van der Waals surface area (Å²) in [4.78, 5) is 11.9. The highest BCUT2D eigenvalue weighted by Crippen LogP contribution is 2.40. The van der Waals surface area contributed by atoms with Gasteiger partial charge in [-0.15, -0.1) is 0 Å². The van der Waals surface area contributed by atoms with Gasteiger partial charge in [0.2, 0.25) is 11.7 Å². The van der Waals surface area contributed by atoms with Gasteiger partial charge in [-0.25, -0.2) is 4.39 Å². The molecule has 0 atom stereocenters. The summed E-state index contributed by atoms with van der Waals surface area (Å²) in [6, 6.07) is 9.66. The number of halogens is 1. The molecule has 1 amide bonds. The van der Waals surface area contributed by atoms with Crippen LogP contribution in [0.1, 0.15) is 5.56 Å². The molecule has 0 aromatic heterocycles. The molecule has 1 heterocycles. The Labute approximate surface area is 156 Å². The second-order valence-electron chi connectivity index (χ2n) is 5.65. The van der Waals surface area contributed by atoms with Gasteiger partial charge < -0.3 is 24.3 Å². The van der Waals surface area contributed by atoms with Gasteiger partial charge in [0.1, 0.15) is 19.8 Å². The molecule has 0 unspecified atom stereocenters. The first-order valence-electron chi connectivity index (χ1n) is 8.48. The number of carbonyl (C=O) groups excluding carboxylic acids is 1. The average molecular weight is 373 g/mol. The molecule has 2 aromatic rings. The Morgan fingerprint density at radius 1 is 1.22 bits per heavy atom. The minimum atomic E-state index is -0.434. The van der Waals surface area contributed by atoms with E-state index in [0.29, 0.717) is 30.5 Å². The normalized spacial score (nSPS) is 12.7. The van der Waals surface area contributed by atoms with Crippen molar-refractivity contribution in [1.29, 1.82) is 0 Å². The van der Waals surface area contributed by atoms with Crippen molar-refractivity contribution in [2.45, 2.75) is 0 Å². The number of rotatable bonds is 7. The van der Waals surface area contributed by atoms with Gasteiger partial charge in [0.25, 0.3) is 0 Å². The molecule has 142 valence electrons. The predicted molar refractivity (Wildman–Crippen MR) is 97.9 cm³/mol. The van der Waals surface area contributed by atoms with Crippen LogP contribution < -0.4 is 24.3 Å². The van der Waals surface area contributed by atoms with Crippen LogP contribution in [0.4, 0.5) is 4.39 Å². The van der Waals surface area contributed by atoms with E-state index < -0.39 is 5.82 Å². The number of amides is 1. The van der Waals surface area contributed by atoms with E-state index in [2.05, 4.69) is 5.32 Å².